The highest BCUT2D eigenvalue weighted by Gasteiger charge is 2.35. The summed E-state index contributed by atoms with van der Waals surface area (Å²) in [7, 11) is 1.65. The van der Waals surface area contributed by atoms with Gasteiger partial charge in [0.05, 0.1) is 25.6 Å². The minimum absolute atomic E-state index is 0.0375. The monoisotopic (exact) mass is 395 g/mol. The van der Waals surface area contributed by atoms with Gasteiger partial charge < -0.3 is 9.15 Å². The molecule has 0 radical (unpaired) electrons. The van der Waals surface area contributed by atoms with Crippen LogP contribution in [0.3, 0.4) is 0 Å². The number of amides is 1. The molecular formula is C23H29N3O3. The molecule has 6 heteroatoms. The summed E-state index contributed by atoms with van der Waals surface area (Å²) in [6.45, 7) is 2.39. The van der Waals surface area contributed by atoms with E-state index in [1.807, 2.05) is 36.4 Å². The predicted octanol–water partition coefficient (Wildman–Crippen LogP) is 4.23. The van der Waals surface area contributed by atoms with Crippen molar-refractivity contribution in [3.05, 3.63) is 54.0 Å². The maximum Gasteiger partial charge on any atom is 0.257 e. The lowest BCUT2D eigenvalue weighted by molar-refractivity contribution is -0.134. The Bertz CT molecular complexity index is 822. The second-order valence-corrected chi connectivity index (χ2v) is 7.79. The van der Waals surface area contributed by atoms with Gasteiger partial charge in [0.1, 0.15) is 17.6 Å². The first-order valence-electron chi connectivity index (χ1n) is 10.5. The van der Waals surface area contributed by atoms with Gasteiger partial charge in [-0.25, -0.2) is 5.01 Å². The number of likely N-dealkylation sites (tertiary alicyclic amines) is 1. The molecule has 0 unspecified atom stereocenters. The highest BCUT2D eigenvalue weighted by molar-refractivity contribution is 6.03. The topological polar surface area (TPSA) is 58.3 Å². The maximum atomic E-state index is 13.2. The highest BCUT2D eigenvalue weighted by Crippen LogP contribution is 2.33. The first kappa shape index (κ1) is 19.7. The molecule has 29 heavy (non-hydrogen) atoms. The molecular weight excluding hydrogens is 366 g/mol. The van der Waals surface area contributed by atoms with E-state index >= 15 is 0 Å². The van der Waals surface area contributed by atoms with Crippen molar-refractivity contribution in [3.8, 4) is 5.75 Å². The molecule has 1 saturated heterocycles. The number of benzene rings is 1. The first-order valence-corrected chi connectivity index (χ1v) is 10.5. The number of nitrogens with zero attached hydrogens (tertiary/aromatic N) is 3. The number of ether oxygens (including phenoxy) is 1. The van der Waals surface area contributed by atoms with Crippen LogP contribution in [0.25, 0.3) is 0 Å². The van der Waals surface area contributed by atoms with E-state index in [9.17, 15) is 4.79 Å². The Morgan fingerprint density at radius 3 is 2.48 bits per heavy atom. The van der Waals surface area contributed by atoms with Crippen molar-refractivity contribution in [2.45, 2.75) is 44.6 Å². The van der Waals surface area contributed by atoms with Crippen LogP contribution in [0.4, 0.5) is 0 Å². The molecule has 1 aromatic carbocycles. The van der Waals surface area contributed by atoms with E-state index in [2.05, 4.69) is 4.90 Å². The molecule has 2 aliphatic rings. The Balaban J connectivity index is 1.53. The fourth-order valence-corrected chi connectivity index (χ4v) is 4.14. The van der Waals surface area contributed by atoms with E-state index in [-0.39, 0.29) is 11.9 Å². The molecule has 0 spiro atoms. The summed E-state index contributed by atoms with van der Waals surface area (Å²) in [6, 6.07) is 11.4. The lowest BCUT2D eigenvalue weighted by atomic mass is 10.0. The van der Waals surface area contributed by atoms with Gasteiger partial charge in [-0.2, -0.15) is 5.10 Å². The Hall–Kier alpha value is -2.60. The molecule has 6 nitrogen and oxygen atoms in total. The average molecular weight is 396 g/mol. The average Bonchev–Trinajstić information content (AvgIpc) is 3.39. The van der Waals surface area contributed by atoms with Crippen LogP contribution in [0.15, 0.2) is 52.2 Å². The fraction of sp³-hybridized carbons (Fsp3) is 0.478. The van der Waals surface area contributed by atoms with Gasteiger partial charge in [-0.15, -0.1) is 0 Å². The summed E-state index contributed by atoms with van der Waals surface area (Å²) < 4.78 is 10.9. The zero-order valence-corrected chi connectivity index (χ0v) is 17.0. The molecule has 2 aromatic rings. The van der Waals surface area contributed by atoms with Crippen molar-refractivity contribution in [2.75, 3.05) is 26.7 Å². The smallest absolute Gasteiger partial charge is 0.257 e. The molecule has 4 rings (SSSR count). The SMILES string of the molecule is COc1ccc(C2=NN(C(=O)CN3CCCCCCC3)[C@@H](c3ccco3)C2)cc1. The number of hydrogen-bond donors (Lipinski definition) is 0. The van der Waals surface area contributed by atoms with Crippen LogP contribution in [-0.4, -0.2) is 48.3 Å². The van der Waals surface area contributed by atoms with Crippen LogP contribution in [0.2, 0.25) is 0 Å². The van der Waals surface area contributed by atoms with Gasteiger partial charge in [0.15, 0.2) is 0 Å². The minimum atomic E-state index is -0.190. The molecule has 1 fully saturated rings. The van der Waals surface area contributed by atoms with Crippen molar-refractivity contribution in [1.29, 1.82) is 0 Å². The van der Waals surface area contributed by atoms with Gasteiger partial charge in [0.2, 0.25) is 0 Å². The zero-order valence-electron chi connectivity index (χ0n) is 17.0. The van der Waals surface area contributed by atoms with Gasteiger partial charge >= 0.3 is 0 Å². The van der Waals surface area contributed by atoms with Crippen LogP contribution in [0.1, 0.15) is 55.9 Å². The molecule has 1 atom stereocenters. The summed E-state index contributed by atoms with van der Waals surface area (Å²) >= 11 is 0. The molecule has 1 aromatic heterocycles. The Kier molecular flexibility index (Phi) is 6.30. The van der Waals surface area contributed by atoms with E-state index in [4.69, 9.17) is 14.3 Å². The van der Waals surface area contributed by atoms with E-state index in [1.54, 1.807) is 18.4 Å². The van der Waals surface area contributed by atoms with Crippen LogP contribution in [-0.2, 0) is 4.79 Å². The van der Waals surface area contributed by atoms with Gasteiger partial charge in [-0.05, 0) is 67.9 Å². The Morgan fingerprint density at radius 2 is 1.83 bits per heavy atom. The second-order valence-electron chi connectivity index (χ2n) is 7.79. The molecule has 1 amide bonds. The third-order valence-corrected chi connectivity index (χ3v) is 5.77. The van der Waals surface area contributed by atoms with Gasteiger partial charge in [-0.3, -0.25) is 9.69 Å². The largest absolute Gasteiger partial charge is 0.497 e. The summed E-state index contributed by atoms with van der Waals surface area (Å²) in [5.74, 6) is 1.62. The third-order valence-electron chi connectivity index (χ3n) is 5.77. The maximum absolute atomic E-state index is 13.2. The summed E-state index contributed by atoms with van der Waals surface area (Å²) in [6.07, 6.45) is 8.44. The molecule has 3 heterocycles. The van der Waals surface area contributed by atoms with Crippen molar-refractivity contribution >= 4 is 11.6 Å². The summed E-state index contributed by atoms with van der Waals surface area (Å²) in [5, 5.41) is 6.37. The lowest BCUT2D eigenvalue weighted by Gasteiger charge is -2.27. The fourth-order valence-electron chi connectivity index (χ4n) is 4.14. The number of hydrazone groups is 1. The van der Waals surface area contributed by atoms with E-state index in [0.29, 0.717) is 13.0 Å². The van der Waals surface area contributed by atoms with E-state index < -0.39 is 0 Å². The number of rotatable bonds is 5. The normalized spacial score (nSPS) is 20.8. The zero-order chi connectivity index (χ0) is 20.1. The van der Waals surface area contributed by atoms with Crippen molar-refractivity contribution in [2.24, 2.45) is 5.10 Å². The van der Waals surface area contributed by atoms with E-state index in [1.165, 1.54) is 19.3 Å². The molecule has 0 aliphatic carbocycles. The van der Waals surface area contributed by atoms with Crippen LogP contribution in [0.5, 0.6) is 5.75 Å². The van der Waals surface area contributed by atoms with Crippen LogP contribution >= 0.6 is 0 Å². The third kappa shape index (κ3) is 4.70. The Morgan fingerprint density at radius 1 is 1.10 bits per heavy atom. The number of furan rings is 1. The minimum Gasteiger partial charge on any atom is -0.497 e. The lowest BCUT2D eigenvalue weighted by Crippen LogP contribution is -2.39. The van der Waals surface area contributed by atoms with Gasteiger partial charge in [0.25, 0.3) is 5.91 Å². The molecule has 154 valence electrons. The molecule has 0 bridgehead atoms. The predicted molar refractivity (Wildman–Crippen MR) is 112 cm³/mol. The summed E-state index contributed by atoms with van der Waals surface area (Å²) in [5.41, 5.74) is 1.90. The number of hydrogen-bond acceptors (Lipinski definition) is 5. The van der Waals surface area contributed by atoms with Crippen molar-refractivity contribution < 1.29 is 13.9 Å². The van der Waals surface area contributed by atoms with Crippen LogP contribution in [0, 0.1) is 0 Å². The van der Waals surface area contributed by atoms with Crippen molar-refractivity contribution in [3.63, 3.8) is 0 Å². The van der Waals surface area contributed by atoms with Gasteiger partial charge in [0, 0.05) is 6.42 Å². The molecule has 0 N–H and O–H groups in total. The summed E-state index contributed by atoms with van der Waals surface area (Å²) in [4.78, 5) is 15.5. The first-order chi connectivity index (χ1) is 14.2. The molecule has 2 aliphatic heterocycles. The quantitative estimate of drug-likeness (QED) is 0.760. The van der Waals surface area contributed by atoms with Gasteiger partial charge in [-0.1, -0.05) is 19.3 Å². The number of carbonyl (C=O) groups excluding carboxylic acids is 1. The second kappa shape index (κ2) is 9.27. The Labute approximate surface area is 172 Å². The number of methoxy groups -OCH3 is 1. The molecule has 0 saturated carbocycles. The highest BCUT2D eigenvalue weighted by atomic mass is 16.5. The number of carbonyl (C=O) groups is 1. The standard InChI is InChI=1S/C23H29N3O3/c1-28-19-11-9-18(10-12-19)20-16-21(22-8-7-15-29-22)26(24-20)23(27)17-25-13-5-3-2-4-6-14-25/h7-12,15,21H,2-6,13-14,16-17H2,1H3/t21-/m1/s1. The van der Waals surface area contributed by atoms with E-state index in [0.717, 1.165) is 48.7 Å². The van der Waals surface area contributed by atoms with Crippen LogP contribution < -0.4 is 4.74 Å². The van der Waals surface area contributed by atoms with Crippen molar-refractivity contribution in [1.82, 2.24) is 9.91 Å².